The highest BCUT2D eigenvalue weighted by molar-refractivity contribution is 7.16. The molecule has 0 aromatic carbocycles. The molecule has 0 unspecified atom stereocenters. The van der Waals surface area contributed by atoms with Gasteiger partial charge in [-0.1, -0.05) is 13.3 Å². The summed E-state index contributed by atoms with van der Waals surface area (Å²) in [6, 6.07) is 1.72. The van der Waals surface area contributed by atoms with Crippen LogP contribution in [0.15, 0.2) is 22.6 Å². The van der Waals surface area contributed by atoms with Gasteiger partial charge in [-0.15, -0.1) is 11.3 Å². The van der Waals surface area contributed by atoms with E-state index in [0.717, 1.165) is 19.3 Å². The summed E-state index contributed by atoms with van der Waals surface area (Å²) >= 11 is 1.39. The van der Waals surface area contributed by atoms with Crippen LogP contribution in [-0.4, -0.2) is 32.1 Å². The first-order valence-electron chi connectivity index (χ1n) is 8.92. The van der Waals surface area contributed by atoms with Crippen molar-refractivity contribution in [2.75, 3.05) is 0 Å². The van der Waals surface area contributed by atoms with Gasteiger partial charge in [-0.25, -0.2) is 9.78 Å². The zero-order valence-corrected chi connectivity index (χ0v) is 15.6. The average Bonchev–Trinajstić information content (AvgIpc) is 3.11. The molecule has 0 aliphatic heterocycles. The Morgan fingerprint density at radius 3 is 2.81 bits per heavy atom. The molecule has 1 amide bonds. The van der Waals surface area contributed by atoms with E-state index in [2.05, 4.69) is 17.2 Å². The zero-order valence-electron chi connectivity index (χ0n) is 14.7. The topological polar surface area (TPSA) is 101 Å². The summed E-state index contributed by atoms with van der Waals surface area (Å²) < 4.78 is 1.40. The number of rotatable bonds is 6. The Labute approximate surface area is 155 Å². The molecule has 1 aliphatic carbocycles. The van der Waals surface area contributed by atoms with Crippen molar-refractivity contribution in [3.05, 3.63) is 28.1 Å². The van der Waals surface area contributed by atoms with Gasteiger partial charge in [-0.05, 0) is 43.0 Å². The molecule has 1 saturated carbocycles. The van der Waals surface area contributed by atoms with Gasteiger partial charge in [0.15, 0.2) is 0 Å². The van der Waals surface area contributed by atoms with E-state index in [1.54, 1.807) is 11.4 Å². The molecule has 8 heteroatoms. The minimum atomic E-state index is -1.18. The van der Waals surface area contributed by atoms with Crippen LogP contribution < -0.4 is 10.9 Å². The minimum absolute atomic E-state index is 0.0451. The number of carbonyl (C=O) groups is 2. The summed E-state index contributed by atoms with van der Waals surface area (Å²) in [4.78, 5) is 41.4. The van der Waals surface area contributed by atoms with Gasteiger partial charge in [0.05, 0.1) is 11.7 Å². The van der Waals surface area contributed by atoms with Crippen LogP contribution in [0.3, 0.4) is 0 Å². The fraction of sp³-hybridized carbons (Fsp3) is 0.556. The van der Waals surface area contributed by atoms with Crippen LogP contribution in [0.1, 0.15) is 45.4 Å². The number of carbonyl (C=O) groups excluding carboxylic acids is 1. The number of amides is 1. The smallest absolute Gasteiger partial charge is 0.329 e. The Bertz CT molecular complexity index is 865. The number of aryl methyl sites for hydroxylation is 1. The second-order valence-electron chi connectivity index (χ2n) is 6.92. The third kappa shape index (κ3) is 3.65. The quantitative estimate of drug-likeness (QED) is 0.805. The normalized spacial score (nSPS) is 23.0. The first kappa shape index (κ1) is 18.6. The van der Waals surface area contributed by atoms with Crippen LogP contribution in [0, 0.1) is 5.92 Å². The van der Waals surface area contributed by atoms with Gasteiger partial charge in [-0.2, -0.15) is 0 Å². The third-order valence-corrected chi connectivity index (χ3v) is 6.18. The Balaban J connectivity index is 1.64. The van der Waals surface area contributed by atoms with Gasteiger partial charge < -0.3 is 10.4 Å². The second-order valence-corrected chi connectivity index (χ2v) is 7.81. The molecular formula is C18H23N3O4S. The fourth-order valence-corrected chi connectivity index (χ4v) is 4.30. The van der Waals surface area contributed by atoms with Crippen molar-refractivity contribution in [2.24, 2.45) is 5.92 Å². The van der Waals surface area contributed by atoms with Gasteiger partial charge in [-0.3, -0.25) is 14.2 Å². The van der Waals surface area contributed by atoms with Crippen molar-refractivity contribution in [2.45, 2.75) is 57.5 Å². The van der Waals surface area contributed by atoms with Crippen LogP contribution in [0.5, 0.6) is 0 Å². The first-order chi connectivity index (χ1) is 12.4. The standard InChI is InChI=1S/C18H23N3O4S/c1-2-12-3-7-18(8-4-12,17(24)25)20-14(22)5-9-21-11-19-15-13(16(21)23)6-10-26-15/h6,10-12H,2-5,7-9H2,1H3,(H,20,22)(H,24,25). The van der Waals surface area contributed by atoms with E-state index in [9.17, 15) is 19.5 Å². The van der Waals surface area contributed by atoms with Crippen LogP contribution in [0.2, 0.25) is 0 Å². The number of hydrogen-bond donors (Lipinski definition) is 2. The molecule has 2 aromatic rings. The van der Waals surface area contributed by atoms with E-state index in [-0.39, 0.29) is 24.4 Å². The lowest BCUT2D eigenvalue weighted by Crippen LogP contribution is -2.56. The maximum Gasteiger partial charge on any atom is 0.329 e. The third-order valence-electron chi connectivity index (χ3n) is 5.35. The number of hydrogen-bond acceptors (Lipinski definition) is 5. The summed E-state index contributed by atoms with van der Waals surface area (Å²) in [5.74, 6) is -0.792. The molecule has 26 heavy (non-hydrogen) atoms. The molecule has 0 atom stereocenters. The van der Waals surface area contributed by atoms with E-state index in [4.69, 9.17) is 0 Å². The molecule has 0 radical (unpaired) electrons. The zero-order chi connectivity index (χ0) is 18.7. The fourth-order valence-electron chi connectivity index (χ4n) is 3.57. The maximum atomic E-state index is 12.4. The Kier molecular flexibility index (Phi) is 5.41. The molecule has 1 aliphatic rings. The molecule has 2 heterocycles. The summed E-state index contributed by atoms with van der Waals surface area (Å²) in [5, 5.41) is 14.7. The molecule has 0 saturated heterocycles. The molecule has 3 rings (SSSR count). The lowest BCUT2D eigenvalue weighted by Gasteiger charge is -2.37. The van der Waals surface area contributed by atoms with Gasteiger partial charge >= 0.3 is 5.97 Å². The molecular weight excluding hydrogens is 354 g/mol. The first-order valence-corrected chi connectivity index (χ1v) is 9.80. The van der Waals surface area contributed by atoms with Crippen molar-refractivity contribution in [1.29, 1.82) is 0 Å². The predicted octanol–water partition coefficient (Wildman–Crippen LogP) is 2.39. The number of aliphatic carboxylic acids is 1. The molecule has 2 N–H and O–H groups in total. The molecule has 0 spiro atoms. The Morgan fingerprint density at radius 2 is 2.15 bits per heavy atom. The Hall–Kier alpha value is -2.22. The lowest BCUT2D eigenvalue weighted by molar-refractivity contribution is -0.149. The Morgan fingerprint density at radius 1 is 1.42 bits per heavy atom. The second kappa shape index (κ2) is 7.57. The average molecular weight is 377 g/mol. The van der Waals surface area contributed by atoms with Crippen molar-refractivity contribution >= 4 is 33.4 Å². The van der Waals surface area contributed by atoms with Crippen molar-refractivity contribution < 1.29 is 14.7 Å². The van der Waals surface area contributed by atoms with Crippen LogP contribution in [-0.2, 0) is 16.1 Å². The van der Waals surface area contributed by atoms with E-state index in [1.807, 2.05) is 0 Å². The summed E-state index contributed by atoms with van der Waals surface area (Å²) in [5.41, 5.74) is -1.36. The SMILES string of the molecule is CCC1CCC(NC(=O)CCn2cnc3sccc3c2=O)(C(=O)O)CC1. The van der Waals surface area contributed by atoms with Crippen LogP contribution in [0.25, 0.3) is 10.2 Å². The summed E-state index contributed by atoms with van der Waals surface area (Å²) in [7, 11) is 0. The molecule has 1 fully saturated rings. The van der Waals surface area contributed by atoms with Crippen molar-refractivity contribution in [1.82, 2.24) is 14.9 Å². The molecule has 2 aromatic heterocycles. The van der Waals surface area contributed by atoms with Gasteiger partial charge in [0.25, 0.3) is 5.56 Å². The largest absolute Gasteiger partial charge is 0.480 e. The molecule has 140 valence electrons. The number of nitrogens with one attached hydrogen (secondary N) is 1. The van der Waals surface area contributed by atoms with Gasteiger partial charge in [0.1, 0.15) is 10.4 Å². The van der Waals surface area contributed by atoms with Crippen LogP contribution >= 0.6 is 11.3 Å². The predicted molar refractivity (Wildman–Crippen MR) is 99.3 cm³/mol. The van der Waals surface area contributed by atoms with Crippen molar-refractivity contribution in [3.63, 3.8) is 0 Å². The minimum Gasteiger partial charge on any atom is -0.480 e. The summed E-state index contributed by atoms with van der Waals surface area (Å²) in [6.45, 7) is 2.28. The number of nitrogens with zero attached hydrogens (tertiary/aromatic N) is 2. The van der Waals surface area contributed by atoms with E-state index < -0.39 is 11.5 Å². The highest BCUT2D eigenvalue weighted by Gasteiger charge is 2.42. The molecule has 7 nitrogen and oxygen atoms in total. The van der Waals surface area contributed by atoms with E-state index in [1.165, 1.54) is 22.2 Å². The maximum absolute atomic E-state index is 12.4. The van der Waals surface area contributed by atoms with Crippen molar-refractivity contribution in [3.8, 4) is 0 Å². The number of carboxylic acid groups (broad SMARTS) is 1. The number of carboxylic acids is 1. The van der Waals surface area contributed by atoms with E-state index >= 15 is 0 Å². The highest BCUT2D eigenvalue weighted by Crippen LogP contribution is 2.34. The number of fused-ring (bicyclic) bond motifs is 1. The summed E-state index contributed by atoms with van der Waals surface area (Å²) in [6.07, 6.45) is 5.04. The van der Waals surface area contributed by atoms with Crippen LogP contribution in [0.4, 0.5) is 0 Å². The highest BCUT2D eigenvalue weighted by atomic mass is 32.1. The van der Waals surface area contributed by atoms with E-state index in [0.29, 0.717) is 29.0 Å². The molecule has 0 bridgehead atoms. The number of aromatic nitrogens is 2. The lowest BCUT2D eigenvalue weighted by atomic mass is 9.75. The number of thiophene rings is 1. The monoisotopic (exact) mass is 377 g/mol. The van der Waals surface area contributed by atoms with Gasteiger partial charge in [0, 0.05) is 13.0 Å². The van der Waals surface area contributed by atoms with Gasteiger partial charge in [0.2, 0.25) is 5.91 Å².